The number of rotatable bonds is 6. The van der Waals surface area contributed by atoms with Gasteiger partial charge in [-0.2, -0.15) is 0 Å². The Balaban J connectivity index is 0.000000443. The van der Waals surface area contributed by atoms with Crippen LogP contribution in [0, 0.1) is 0 Å². The minimum Gasteiger partial charge on any atom is -0.545 e. The second-order valence-electron chi connectivity index (χ2n) is 4.73. The maximum absolute atomic E-state index is 10.5. The quantitative estimate of drug-likeness (QED) is 0.716. The van der Waals surface area contributed by atoms with Crippen molar-refractivity contribution in [3.05, 3.63) is 59.7 Å². The van der Waals surface area contributed by atoms with Crippen LogP contribution in [-0.4, -0.2) is 25.0 Å². The van der Waals surface area contributed by atoms with Gasteiger partial charge in [0.2, 0.25) is 0 Å². The molecule has 2 aromatic rings. The molecular formula is C18H20N2NiO4. The van der Waals surface area contributed by atoms with Crippen molar-refractivity contribution < 1.29 is 36.3 Å². The molecule has 7 heteroatoms. The molecule has 0 spiro atoms. The van der Waals surface area contributed by atoms with Crippen molar-refractivity contribution in [2.75, 3.05) is 23.7 Å². The number of carboxylic acid groups (broad SMARTS) is 2. The largest absolute Gasteiger partial charge is 2.00 e. The fourth-order valence-electron chi connectivity index (χ4n) is 2.01. The van der Waals surface area contributed by atoms with Crippen LogP contribution in [-0.2, 0) is 16.5 Å². The van der Waals surface area contributed by atoms with Crippen LogP contribution in [0.5, 0.6) is 0 Å². The van der Waals surface area contributed by atoms with Gasteiger partial charge in [-0.3, -0.25) is 0 Å². The first-order chi connectivity index (χ1) is 11.5. The Bertz CT molecular complexity index is 633. The summed E-state index contributed by atoms with van der Waals surface area (Å²) < 4.78 is 0. The molecule has 0 fully saturated rings. The van der Waals surface area contributed by atoms with Crippen molar-refractivity contribution in [2.24, 2.45) is 0 Å². The van der Waals surface area contributed by atoms with Gasteiger partial charge in [0.25, 0.3) is 0 Å². The molecule has 2 N–H and O–H groups in total. The molecule has 0 aliphatic rings. The summed E-state index contributed by atoms with van der Waals surface area (Å²) in [5.41, 5.74) is 1.64. The Kier molecular flexibility index (Phi) is 10.7. The molecule has 0 aromatic heterocycles. The first-order valence-electron chi connectivity index (χ1n) is 7.59. The molecule has 0 radical (unpaired) electrons. The third-order valence-corrected chi connectivity index (χ3v) is 3.03. The number of aromatic carboxylic acids is 2. The van der Waals surface area contributed by atoms with Gasteiger partial charge in [0.15, 0.2) is 0 Å². The molecule has 0 heterocycles. The second kappa shape index (κ2) is 11.9. The van der Waals surface area contributed by atoms with Gasteiger partial charge in [-0.1, -0.05) is 36.4 Å². The minimum absolute atomic E-state index is 0. The average Bonchev–Trinajstić information content (AvgIpc) is 2.57. The maximum Gasteiger partial charge on any atom is 2.00 e. The normalized spacial score (nSPS) is 9.04. The third-order valence-electron chi connectivity index (χ3n) is 3.03. The van der Waals surface area contributed by atoms with Crippen molar-refractivity contribution in [1.82, 2.24) is 0 Å². The van der Waals surface area contributed by atoms with E-state index < -0.39 is 11.9 Å². The summed E-state index contributed by atoms with van der Waals surface area (Å²) in [6.07, 6.45) is 0. The topological polar surface area (TPSA) is 104 Å². The van der Waals surface area contributed by atoms with Crippen molar-refractivity contribution in [2.45, 2.75) is 13.8 Å². The molecule has 2 rings (SSSR count). The van der Waals surface area contributed by atoms with E-state index in [0.717, 1.165) is 0 Å². The Hall–Kier alpha value is -2.53. The van der Waals surface area contributed by atoms with Gasteiger partial charge in [-0.05, 0) is 26.0 Å². The zero-order chi connectivity index (χ0) is 17.9. The first kappa shape index (κ1) is 22.5. The summed E-state index contributed by atoms with van der Waals surface area (Å²) in [6, 6.07) is 13.4. The monoisotopic (exact) mass is 386 g/mol. The van der Waals surface area contributed by atoms with Gasteiger partial charge in [-0.15, -0.1) is 0 Å². The number of carboxylic acids is 2. The van der Waals surface area contributed by atoms with Crippen LogP contribution in [0.3, 0.4) is 0 Å². The summed E-state index contributed by atoms with van der Waals surface area (Å²) in [7, 11) is 0. The maximum atomic E-state index is 10.5. The van der Waals surface area contributed by atoms with E-state index in [9.17, 15) is 19.8 Å². The van der Waals surface area contributed by atoms with Crippen molar-refractivity contribution >= 4 is 23.3 Å². The molecule has 0 saturated heterocycles. The molecular weight excluding hydrogens is 367 g/mol. The standard InChI is InChI=1S/2C9H11NO2.Ni/c2*1-2-10-8-6-4-3-5-7(8)9(11)12;/h2*3-6,10H,2H2,1H3,(H,11,12);/q;;+2/p-2. The molecule has 25 heavy (non-hydrogen) atoms. The van der Waals surface area contributed by atoms with E-state index in [2.05, 4.69) is 10.6 Å². The zero-order valence-electron chi connectivity index (χ0n) is 14.0. The van der Waals surface area contributed by atoms with Crippen molar-refractivity contribution in [1.29, 1.82) is 0 Å². The van der Waals surface area contributed by atoms with Crippen LogP contribution in [0.15, 0.2) is 48.5 Å². The van der Waals surface area contributed by atoms with Gasteiger partial charge >= 0.3 is 16.5 Å². The number of benzene rings is 2. The molecule has 0 atom stereocenters. The Labute approximate surface area is 157 Å². The smallest absolute Gasteiger partial charge is 0.545 e. The van der Waals surface area contributed by atoms with E-state index in [1.165, 1.54) is 12.1 Å². The molecule has 0 amide bonds. The summed E-state index contributed by atoms with van der Waals surface area (Å²) in [5, 5.41) is 27.0. The number of anilines is 2. The molecule has 0 aliphatic heterocycles. The molecule has 136 valence electrons. The van der Waals surface area contributed by atoms with Crippen LogP contribution in [0.4, 0.5) is 11.4 Å². The van der Waals surface area contributed by atoms with E-state index in [1.54, 1.807) is 36.4 Å². The van der Waals surface area contributed by atoms with Gasteiger partial charge in [0.1, 0.15) is 0 Å². The predicted octanol–water partition coefficient (Wildman–Crippen LogP) is 0.961. The fraction of sp³-hybridized carbons (Fsp3) is 0.222. The van der Waals surface area contributed by atoms with Crippen LogP contribution in [0.1, 0.15) is 34.6 Å². The number of carbonyl (C=O) groups is 2. The number of carbonyl (C=O) groups excluding carboxylic acids is 2. The van der Waals surface area contributed by atoms with Gasteiger partial charge in [0.05, 0.1) is 11.9 Å². The number of hydrogen-bond acceptors (Lipinski definition) is 6. The molecule has 6 nitrogen and oxygen atoms in total. The summed E-state index contributed by atoms with van der Waals surface area (Å²) in [4.78, 5) is 21.1. The molecule has 0 bridgehead atoms. The van der Waals surface area contributed by atoms with Crippen LogP contribution < -0.4 is 20.8 Å². The summed E-state index contributed by atoms with van der Waals surface area (Å²) in [6.45, 7) is 5.21. The number of nitrogens with one attached hydrogen (secondary N) is 2. The molecule has 0 aliphatic carbocycles. The van der Waals surface area contributed by atoms with Crippen LogP contribution >= 0.6 is 0 Å². The molecule has 2 aromatic carbocycles. The van der Waals surface area contributed by atoms with E-state index in [4.69, 9.17) is 0 Å². The van der Waals surface area contributed by atoms with Gasteiger partial charge < -0.3 is 30.4 Å². The number of para-hydroxylation sites is 2. The first-order valence-corrected chi connectivity index (χ1v) is 7.59. The third kappa shape index (κ3) is 7.27. The predicted molar refractivity (Wildman–Crippen MR) is 89.9 cm³/mol. The molecule has 0 unspecified atom stereocenters. The van der Waals surface area contributed by atoms with Crippen LogP contribution in [0.25, 0.3) is 0 Å². The van der Waals surface area contributed by atoms with E-state index >= 15 is 0 Å². The summed E-state index contributed by atoms with van der Waals surface area (Å²) in [5.74, 6) is -2.29. The van der Waals surface area contributed by atoms with Crippen molar-refractivity contribution in [3.63, 3.8) is 0 Å². The zero-order valence-corrected chi connectivity index (χ0v) is 15.0. The van der Waals surface area contributed by atoms with E-state index in [1.807, 2.05) is 13.8 Å². The van der Waals surface area contributed by atoms with E-state index in [-0.39, 0.29) is 27.6 Å². The average molecular weight is 387 g/mol. The Morgan fingerprint density at radius 1 is 0.760 bits per heavy atom. The Morgan fingerprint density at radius 2 is 1.08 bits per heavy atom. The van der Waals surface area contributed by atoms with E-state index in [0.29, 0.717) is 24.5 Å². The number of hydrogen-bond donors (Lipinski definition) is 2. The summed E-state index contributed by atoms with van der Waals surface area (Å²) >= 11 is 0. The Morgan fingerprint density at radius 3 is 1.36 bits per heavy atom. The van der Waals surface area contributed by atoms with Gasteiger partial charge in [0, 0.05) is 35.6 Å². The van der Waals surface area contributed by atoms with Crippen LogP contribution in [0.2, 0.25) is 0 Å². The SMILES string of the molecule is CCNc1ccccc1C(=O)[O-].CCNc1ccccc1C(=O)[O-].[Ni+2]. The molecule has 0 saturated carbocycles. The fourth-order valence-corrected chi connectivity index (χ4v) is 2.01. The van der Waals surface area contributed by atoms with Crippen molar-refractivity contribution in [3.8, 4) is 0 Å². The second-order valence-corrected chi connectivity index (χ2v) is 4.73. The van der Waals surface area contributed by atoms with Gasteiger partial charge in [-0.25, -0.2) is 0 Å². The minimum atomic E-state index is -1.15.